The summed E-state index contributed by atoms with van der Waals surface area (Å²) in [5, 5.41) is 11.5. The first kappa shape index (κ1) is 16.0. The maximum absolute atomic E-state index is 12.1. The lowest BCUT2D eigenvalue weighted by Gasteiger charge is -2.07. The van der Waals surface area contributed by atoms with Crippen molar-refractivity contribution in [1.29, 1.82) is 0 Å². The lowest BCUT2D eigenvalue weighted by Crippen LogP contribution is -2.12. The molecule has 5 nitrogen and oxygen atoms in total. The minimum Gasteiger partial charge on any atom is -0.481 e. The molecule has 0 saturated heterocycles. The van der Waals surface area contributed by atoms with E-state index in [0.717, 1.165) is 5.56 Å². The van der Waals surface area contributed by atoms with E-state index in [2.05, 4.69) is 10.3 Å². The van der Waals surface area contributed by atoms with E-state index >= 15 is 0 Å². The topological polar surface area (TPSA) is 79.3 Å². The molecule has 114 valence electrons. The lowest BCUT2D eigenvalue weighted by atomic mass is 10.1. The zero-order chi connectivity index (χ0) is 15.9. The Morgan fingerprint density at radius 2 is 1.91 bits per heavy atom. The van der Waals surface area contributed by atoms with Crippen LogP contribution in [0.3, 0.4) is 0 Å². The number of carbonyl (C=O) groups is 2. The Kier molecular flexibility index (Phi) is 5.49. The van der Waals surface area contributed by atoms with Crippen LogP contribution >= 0.6 is 11.6 Å². The summed E-state index contributed by atoms with van der Waals surface area (Å²) in [6, 6.07) is 10.5. The maximum atomic E-state index is 12.1. The Morgan fingerprint density at radius 1 is 1.18 bits per heavy atom. The number of nitrogens with zero attached hydrogens (tertiary/aromatic N) is 1. The molecule has 6 heteroatoms. The lowest BCUT2D eigenvalue weighted by molar-refractivity contribution is -0.137. The molecule has 2 rings (SSSR count). The summed E-state index contributed by atoms with van der Waals surface area (Å²) in [5.74, 6) is -1.12. The summed E-state index contributed by atoms with van der Waals surface area (Å²) in [4.78, 5) is 26.4. The monoisotopic (exact) mass is 318 g/mol. The van der Waals surface area contributed by atoms with Crippen molar-refractivity contribution in [2.24, 2.45) is 0 Å². The van der Waals surface area contributed by atoms with Crippen molar-refractivity contribution in [2.75, 3.05) is 5.32 Å². The van der Waals surface area contributed by atoms with Gasteiger partial charge in [-0.15, -0.1) is 0 Å². The second kappa shape index (κ2) is 7.56. The van der Waals surface area contributed by atoms with Crippen molar-refractivity contribution >= 4 is 29.2 Å². The van der Waals surface area contributed by atoms with Crippen LogP contribution in [0.4, 0.5) is 5.69 Å². The Balaban J connectivity index is 1.95. The van der Waals surface area contributed by atoms with Crippen molar-refractivity contribution in [3.63, 3.8) is 0 Å². The van der Waals surface area contributed by atoms with Crippen molar-refractivity contribution in [2.45, 2.75) is 19.3 Å². The molecule has 1 heterocycles. The third-order valence-electron chi connectivity index (χ3n) is 3.07. The molecule has 1 amide bonds. The number of anilines is 1. The van der Waals surface area contributed by atoms with Crippen molar-refractivity contribution in [3.8, 4) is 0 Å². The average molecular weight is 319 g/mol. The molecule has 0 saturated carbocycles. The van der Waals surface area contributed by atoms with Gasteiger partial charge in [0.15, 0.2) is 0 Å². The van der Waals surface area contributed by atoms with Crippen LogP contribution in [0.25, 0.3) is 0 Å². The summed E-state index contributed by atoms with van der Waals surface area (Å²) >= 11 is 5.87. The number of halogens is 1. The van der Waals surface area contributed by atoms with Gasteiger partial charge in [-0.25, -0.2) is 4.98 Å². The number of carboxylic acid groups (broad SMARTS) is 1. The number of aromatic nitrogens is 1. The maximum Gasteiger partial charge on any atom is 0.303 e. The summed E-state index contributed by atoms with van der Waals surface area (Å²) in [6.45, 7) is 0. The second-order valence-electron chi connectivity index (χ2n) is 4.74. The quantitative estimate of drug-likeness (QED) is 0.800. The molecule has 1 aromatic heterocycles. The number of nitrogens with one attached hydrogen (secondary N) is 1. The number of rotatable bonds is 6. The number of hydrogen-bond donors (Lipinski definition) is 2. The average Bonchev–Trinajstić information content (AvgIpc) is 2.49. The van der Waals surface area contributed by atoms with Crippen LogP contribution in [0.5, 0.6) is 0 Å². The fraction of sp³-hybridized carbons (Fsp3) is 0.188. The molecular formula is C16H15ClN2O3. The van der Waals surface area contributed by atoms with Gasteiger partial charge < -0.3 is 10.4 Å². The number of aryl methyl sites for hydroxylation is 1. The summed E-state index contributed by atoms with van der Waals surface area (Å²) in [7, 11) is 0. The van der Waals surface area contributed by atoms with Crippen LogP contribution in [-0.2, 0) is 11.2 Å². The molecule has 22 heavy (non-hydrogen) atoms. The summed E-state index contributed by atoms with van der Waals surface area (Å²) in [5.41, 5.74) is 1.99. The van der Waals surface area contributed by atoms with Crippen LogP contribution in [0.2, 0.25) is 5.15 Å². The molecule has 0 bridgehead atoms. The van der Waals surface area contributed by atoms with Crippen molar-refractivity contribution < 1.29 is 14.7 Å². The van der Waals surface area contributed by atoms with Crippen molar-refractivity contribution in [1.82, 2.24) is 4.98 Å². The largest absolute Gasteiger partial charge is 0.481 e. The van der Waals surface area contributed by atoms with Gasteiger partial charge in [0.05, 0.1) is 5.56 Å². The fourth-order valence-corrected chi connectivity index (χ4v) is 2.16. The first-order chi connectivity index (χ1) is 10.6. The Morgan fingerprint density at radius 3 is 2.55 bits per heavy atom. The van der Waals surface area contributed by atoms with Crippen LogP contribution in [-0.4, -0.2) is 22.0 Å². The molecule has 0 aliphatic carbocycles. The highest BCUT2D eigenvalue weighted by atomic mass is 35.5. The molecule has 0 aliphatic heterocycles. The van der Waals surface area contributed by atoms with Gasteiger partial charge in [-0.1, -0.05) is 23.7 Å². The van der Waals surface area contributed by atoms with Gasteiger partial charge in [0.2, 0.25) is 0 Å². The van der Waals surface area contributed by atoms with E-state index < -0.39 is 5.97 Å². The first-order valence-electron chi connectivity index (χ1n) is 6.79. The summed E-state index contributed by atoms with van der Waals surface area (Å²) in [6.07, 6.45) is 2.95. The molecule has 1 aromatic carbocycles. The van der Waals surface area contributed by atoms with Gasteiger partial charge in [-0.2, -0.15) is 0 Å². The normalized spacial score (nSPS) is 10.2. The highest BCUT2D eigenvalue weighted by molar-refractivity contribution is 6.33. The third kappa shape index (κ3) is 4.56. The zero-order valence-corrected chi connectivity index (χ0v) is 12.5. The smallest absolute Gasteiger partial charge is 0.303 e. The van der Waals surface area contributed by atoms with E-state index in [0.29, 0.717) is 24.1 Å². The molecule has 2 N–H and O–H groups in total. The van der Waals surface area contributed by atoms with Gasteiger partial charge in [0.1, 0.15) is 5.15 Å². The van der Waals surface area contributed by atoms with Crippen LogP contribution < -0.4 is 5.32 Å². The predicted octanol–water partition coefficient (Wildman–Crippen LogP) is 3.39. The van der Waals surface area contributed by atoms with Gasteiger partial charge >= 0.3 is 5.97 Å². The Hall–Kier alpha value is -2.40. The highest BCUT2D eigenvalue weighted by Crippen LogP contribution is 2.16. The van der Waals surface area contributed by atoms with E-state index in [-0.39, 0.29) is 17.5 Å². The van der Waals surface area contributed by atoms with E-state index in [4.69, 9.17) is 16.7 Å². The minimum atomic E-state index is -0.794. The number of benzene rings is 1. The number of pyridine rings is 1. The van der Waals surface area contributed by atoms with Crippen molar-refractivity contribution in [3.05, 3.63) is 58.9 Å². The molecule has 0 fully saturated rings. The second-order valence-corrected chi connectivity index (χ2v) is 5.10. The van der Waals surface area contributed by atoms with Gasteiger partial charge in [-0.05, 0) is 42.7 Å². The standard InChI is InChI=1S/C16H15ClN2O3/c17-15-13(4-2-10-18-15)16(22)19-12-8-6-11(7-9-12)3-1-5-14(20)21/h2,4,6-10H,1,3,5H2,(H,19,22)(H,20,21). The molecule has 0 spiro atoms. The molecule has 0 radical (unpaired) electrons. The number of hydrogen-bond acceptors (Lipinski definition) is 3. The Labute approximate surface area is 133 Å². The Bertz CT molecular complexity index is 671. The molecule has 0 atom stereocenters. The minimum absolute atomic E-state index is 0.151. The SMILES string of the molecule is O=C(O)CCCc1ccc(NC(=O)c2cccnc2Cl)cc1. The van der Waals surface area contributed by atoms with E-state index in [1.165, 1.54) is 6.20 Å². The first-order valence-corrected chi connectivity index (χ1v) is 7.16. The van der Waals surface area contributed by atoms with E-state index in [1.54, 1.807) is 24.3 Å². The van der Waals surface area contributed by atoms with Crippen LogP contribution in [0, 0.1) is 0 Å². The number of carbonyl (C=O) groups excluding carboxylic acids is 1. The van der Waals surface area contributed by atoms with E-state index in [9.17, 15) is 9.59 Å². The summed E-state index contributed by atoms with van der Waals surface area (Å²) < 4.78 is 0. The molecular weight excluding hydrogens is 304 g/mol. The molecule has 0 aliphatic rings. The number of amides is 1. The van der Waals surface area contributed by atoms with E-state index in [1.807, 2.05) is 12.1 Å². The predicted molar refractivity (Wildman–Crippen MR) is 84.2 cm³/mol. The zero-order valence-electron chi connectivity index (χ0n) is 11.8. The molecule has 0 unspecified atom stereocenters. The van der Waals surface area contributed by atoms with Crippen LogP contribution in [0.15, 0.2) is 42.6 Å². The molecule has 2 aromatic rings. The van der Waals surface area contributed by atoms with Crippen LogP contribution in [0.1, 0.15) is 28.8 Å². The number of carboxylic acids is 1. The van der Waals surface area contributed by atoms with Gasteiger partial charge in [-0.3, -0.25) is 9.59 Å². The number of aliphatic carboxylic acids is 1. The fourth-order valence-electron chi connectivity index (χ4n) is 1.95. The van der Waals surface area contributed by atoms with Gasteiger partial charge in [0, 0.05) is 18.3 Å². The highest BCUT2D eigenvalue weighted by Gasteiger charge is 2.10. The van der Waals surface area contributed by atoms with Gasteiger partial charge in [0.25, 0.3) is 5.91 Å². The third-order valence-corrected chi connectivity index (χ3v) is 3.37.